The number of rotatable bonds is 3. The summed E-state index contributed by atoms with van der Waals surface area (Å²) in [5, 5.41) is 8.32. The second-order valence-corrected chi connectivity index (χ2v) is 4.63. The highest BCUT2D eigenvalue weighted by atomic mass is 32.2. The summed E-state index contributed by atoms with van der Waals surface area (Å²) in [6, 6.07) is 0. The summed E-state index contributed by atoms with van der Waals surface area (Å²) in [4.78, 5) is 10.3. The molecular weight excluding hydrogens is 136 g/mol. The number of carboxylic acids is 1. The topological polar surface area (TPSA) is 37.3 Å². The normalized spacial score (nSPS) is 16.8. The van der Waals surface area contributed by atoms with E-state index in [0.29, 0.717) is 0 Å². The van der Waals surface area contributed by atoms with Gasteiger partial charge < -0.3 is 5.11 Å². The summed E-state index contributed by atoms with van der Waals surface area (Å²) in [6.45, 7) is 3.78. The van der Waals surface area contributed by atoms with E-state index in [1.54, 1.807) is 6.92 Å². The Morgan fingerprint density at radius 1 is 1.78 bits per heavy atom. The fourth-order valence-corrected chi connectivity index (χ4v) is 1.27. The highest BCUT2D eigenvalue weighted by Crippen LogP contribution is 2.01. The van der Waals surface area contributed by atoms with Crippen LogP contribution in [0.5, 0.6) is 0 Å². The van der Waals surface area contributed by atoms with E-state index < -0.39 is 5.97 Å². The van der Waals surface area contributed by atoms with Gasteiger partial charge >= 0.3 is 5.97 Å². The largest absolute Gasteiger partial charge is 0.478 e. The molecular formula is C6H13O2S+. The third-order valence-electron chi connectivity index (χ3n) is 1.41. The highest BCUT2D eigenvalue weighted by molar-refractivity contribution is 7.97. The van der Waals surface area contributed by atoms with Gasteiger partial charge in [-0.25, -0.2) is 4.79 Å². The van der Waals surface area contributed by atoms with E-state index in [2.05, 4.69) is 0 Å². The van der Waals surface area contributed by atoms with Crippen molar-refractivity contribution in [2.24, 2.45) is 0 Å². The van der Waals surface area contributed by atoms with E-state index in [1.165, 1.54) is 0 Å². The maximum absolute atomic E-state index is 10.3. The molecule has 0 aliphatic heterocycles. The van der Waals surface area contributed by atoms with Gasteiger partial charge in [-0.15, -0.1) is 0 Å². The molecule has 0 aliphatic rings. The van der Waals surface area contributed by atoms with Crippen LogP contribution >= 0.6 is 0 Å². The molecule has 3 heteroatoms. The Morgan fingerprint density at radius 3 is 2.33 bits per heavy atom. The Hall–Kier alpha value is -0.180. The fourth-order valence-electron chi connectivity index (χ4n) is 0.422. The summed E-state index contributed by atoms with van der Waals surface area (Å²) < 4.78 is 0. The molecule has 0 fully saturated rings. The van der Waals surface area contributed by atoms with Crippen LogP contribution in [0, 0.1) is 0 Å². The molecule has 0 amide bonds. The van der Waals surface area contributed by atoms with Crippen LogP contribution in [0.1, 0.15) is 13.8 Å². The number of hydrogen-bond donors (Lipinski definition) is 1. The minimum atomic E-state index is -0.678. The first-order valence-corrected chi connectivity index (χ1v) is 4.80. The van der Waals surface area contributed by atoms with Gasteiger partial charge in [-0.05, 0) is 24.7 Å². The number of carboxylic acid groups (broad SMARTS) is 1. The van der Waals surface area contributed by atoms with Gasteiger partial charge in [0.1, 0.15) is 5.75 Å². The van der Waals surface area contributed by atoms with Gasteiger partial charge in [-0.2, -0.15) is 0 Å². The van der Waals surface area contributed by atoms with Crippen molar-refractivity contribution in [2.75, 3.05) is 12.0 Å². The maximum atomic E-state index is 10.3. The number of aliphatic carboxylic acids is 1. The van der Waals surface area contributed by atoms with Gasteiger partial charge in [0.2, 0.25) is 5.25 Å². The summed E-state index contributed by atoms with van der Waals surface area (Å²) >= 11 is 0. The van der Waals surface area contributed by atoms with Crippen LogP contribution in [-0.2, 0) is 15.7 Å². The summed E-state index contributed by atoms with van der Waals surface area (Å²) in [6.07, 6.45) is 1.98. The minimum absolute atomic E-state index is 0.0486. The van der Waals surface area contributed by atoms with E-state index in [9.17, 15) is 4.79 Å². The molecule has 0 aromatic rings. The molecule has 0 rings (SSSR count). The molecule has 0 radical (unpaired) electrons. The molecule has 54 valence electrons. The Morgan fingerprint density at radius 2 is 2.22 bits per heavy atom. The summed E-state index contributed by atoms with van der Waals surface area (Å²) in [5.41, 5.74) is 0. The molecule has 9 heavy (non-hydrogen) atoms. The van der Waals surface area contributed by atoms with Crippen molar-refractivity contribution in [3.8, 4) is 0 Å². The molecule has 0 aliphatic carbocycles. The van der Waals surface area contributed by atoms with Gasteiger partial charge in [0, 0.05) is 0 Å². The molecule has 0 saturated heterocycles. The zero-order valence-electron chi connectivity index (χ0n) is 6.05. The molecule has 0 spiro atoms. The van der Waals surface area contributed by atoms with E-state index >= 15 is 0 Å². The number of carbonyl (C=O) groups is 1. The smallest absolute Gasteiger partial charge is 0.356 e. The van der Waals surface area contributed by atoms with Crippen LogP contribution in [0.15, 0.2) is 0 Å². The van der Waals surface area contributed by atoms with Gasteiger partial charge in [0.15, 0.2) is 0 Å². The molecule has 0 saturated carbocycles. The summed E-state index contributed by atoms with van der Waals surface area (Å²) in [5.74, 6) is 0.288. The lowest BCUT2D eigenvalue weighted by Crippen LogP contribution is -2.27. The van der Waals surface area contributed by atoms with E-state index in [0.717, 1.165) is 5.75 Å². The predicted molar refractivity (Wildman–Crippen MR) is 40.9 cm³/mol. The van der Waals surface area contributed by atoms with Crippen LogP contribution < -0.4 is 0 Å². The predicted octanol–water partition coefficient (Wildman–Crippen LogP) is 0.728. The summed E-state index contributed by atoms with van der Waals surface area (Å²) in [7, 11) is 0.0486. The second-order valence-electron chi connectivity index (χ2n) is 1.96. The van der Waals surface area contributed by atoms with Crippen molar-refractivity contribution in [3.63, 3.8) is 0 Å². The quantitative estimate of drug-likeness (QED) is 0.600. The Labute approximate surface area is 58.6 Å². The standard InChI is InChI=1S/C6H12O2S/c1-4-9(3)5(2)6(7)8/h5H,4H2,1-3H3/p+1/t5-,9?/m1/s1. The van der Waals surface area contributed by atoms with Crippen molar-refractivity contribution in [3.05, 3.63) is 0 Å². The lowest BCUT2D eigenvalue weighted by molar-refractivity contribution is -0.136. The van der Waals surface area contributed by atoms with Crippen LogP contribution in [-0.4, -0.2) is 28.3 Å². The molecule has 0 aromatic carbocycles. The van der Waals surface area contributed by atoms with Crippen LogP contribution in [0.2, 0.25) is 0 Å². The van der Waals surface area contributed by atoms with Crippen LogP contribution in [0.3, 0.4) is 0 Å². The SMILES string of the molecule is CC[S+](C)[C@H](C)C(=O)O. The van der Waals surface area contributed by atoms with Gasteiger partial charge in [0.05, 0.1) is 6.26 Å². The zero-order chi connectivity index (χ0) is 7.44. The first-order chi connectivity index (χ1) is 4.09. The molecule has 2 nitrogen and oxygen atoms in total. The molecule has 0 aromatic heterocycles. The number of hydrogen-bond acceptors (Lipinski definition) is 1. The van der Waals surface area contributed by atoms with Crippen molar-refractivity contribution in [1.82, 2.24) is 0 Å². The van der Waals surface area contributed by atoms with Crippen molar-refractivity contribution in [2.45, 2.75) is 19.1 Å². The molecule has 0 heterocycles. The van der Waals surface area contributed by atoms with Crippen molar-refractivity contribution in [1.29, 1.82) is 0 Å². The molecule has 1 N–H and O–H groups in total. The Kier molecular flexibility index (Phi) is 3.70. The zero-order valence-corrected chi connectivity index (χ0v) is 6.86. The first-order valence-electron chi connectivity index (χ1n) is 2.93. The van der Waals surface area contributed by atoms with E-state index in [1.807, 2.05) is 13.2 Å². The average molecular weight is 149 g/mol. The van der Waals surface area contributed by atoms with Gasteiger partial charge in [-0.3, -0.25) is 0 Å². The monoisotopic (exact) mass is 149 g/mol. The first kappa shape index (κ1) is 8.82. The van der Waals surface area contributed by atoms with E-state index in [4.69, 9.17) is 5.11 Å². The van der Waals surface area contributed by atoms with Crippen LogP contribution in [0.25, 0.3) is 0 Å². The molecule has 0 bridgehead atoms. The van der Waals surface area contributed by atoms with E-state index in [-0.39, 0.29) is 16.1 Å². The lowest BCUT2D eigenvalue weighted by Gasteiger charge is -2.03. The van der Waals surface area contributed by atoms with Crippen LogP contribution in [0.4, 0.5) is 0 Å². The van der Waals surface area contributed by atoms with Gasteiger partial charge in [0.25, 0.3) is 0 Å². The van der Waals surface area contributed by atoms with Crippen molar-refractivity contribution < 1.29 is 9.90 Å². The second kappa shape index (κ2) is 3.77. The Balaban J connectivity index is 3.72. The average Bonchev–Trinajstić information content (AvgIpc) is 1.84. The highest BCUT2D eigenvalue weighted by Gasteiger charge is 2.25. The third kappa shape index (κ3) is 2.75. The minimum Gasteiger partial charge on any atom is -0.478 e. The fraction of sp³-hybridized carbons (Fsp3) is 0.833. The third-order valence-corrected chi connectivity index (χ3v) is 3.73. The molecule has 1 unspecified atom stereocenters. The lowest BCUT2D eigenvalue weighted by atomic mass is 10.5. The van der Waals surface area contributed by atoms with Crippen molar-refractivity contribution >= 4 is 16.9 Å². The Bertz CT molecular complexity index is 103. The van der Waals surface area contributed by atoms with Gasteiger partial charge in [-0.1, -0.05) is 0 Å². The molecule has 2 atom stereocenters. The maximum Gasteiger partial charge on any atom is 0.356 e.